The lowest BCUT2D eigenvalue weighted by atomic mass is 10.2. The Morgan fingerprint density at radius 1 is 1.19 bits per heavy atom. The Hall–Kier alpha value is -1.88. The fourth-order valence-corrected chi connectivity index (χ4v) is 1.85. The van der Waals surface area contributed by atoms with E-state index in [1.165, 1.54) is 0 Å². The van der Waals surface area contributed by atoms with E-state index in [1.807, 2.05) is 56.0 Å². The van der Waals surface area contributed by atoms with Crippen molar-refractivity contribution in [2.45, 2.75) is 39.8 Å². The standard InChI is InChI=1S/C16H25N3O2/c1-4-13(3)17-16(21)18-15(20)12-19(5-2)11-14-9-7-6-8-10-14/h6-10,13H,4-5,11-12H2,1-3H3,(H2,17,18,20,21)/t13-/m1/s1. The molecule has 5 heteroatoms. The van der Waals surface area contributed by atoms with Crippen LogP contribution in [-0.2, 0) is 11.3 Å². The van der Waals surface area contributed by atoms with Crippen LogP contribution in [0.5, 0.6) is 0 Å². The van der Waals surface area contributed by atoms with Crippen LogP contribution < -0.4 is 10.6 Å². The predicted octanol–water partition coefficient (Wildman–Crippen LogP) is 2.13. The van der Waals surface area contributed by atoms with E-state index in [1.54, 1.807) is 0 Å². The highest BCUT2D eigenvalue weighted by Gasteiger charge is 2.13. The summed E-state index contributed by atoms with van der Waals surface area (Å²) < 4.78 is 0. The molecule has 0 aliphatic heterocycles. The number of nitrogens with zero attached hydrogens (tertiary/aromatic N) is 1. The van der Waals surface area contributed by atoms with Gasteiger partial charge in [-0.25, -0.2) is 4.79 Å². The van der Waals surface area contributed by atoms with E-state index >= 15 is 0 Å². The molecule has 0 radical (unpaired) electrons. The summed E-state index contributed by atoms with van der Waals surface area (Å²) in [5, 5.41) is 5.08. The van der Waals surface area contributed by atoms with Crippen molar-refractivity contribution in [1.82, 2.24) is 15.5 Å². The number of carbonyl (C=O) groups excluding carboxylic acids is 2. The van der Waals surface area contributed by atoms with Gasteiger partial charge in [0.05, 0.1) is 6.54 Å². The quantitative estimate of drug-likeness (QED) is 0.809. The molecule has 0 bridgehead atoms. The molecule has 0 spiro atoms. The van der Waals surface area contributed by atoms with Crippen molar-refractivity contribution in [3.63, 3.8) is 0 Å². The van der Waals surface area contributed by atoms with Gasteiger partial charge in [-0.1, -0.05) is 44.2 Å². The number of amides is 3. The van der Waals surface area contributed by atoms with Crippen molar-refractivity contribution in [2.24, 2.45) is 0 Å². The third-order valence-electron chi connectivity index (χ3n) is 3.31. The Balaban J connectivity index is 2.42. The highest BCUT2D eigenvalue weighted by atomic mass is 16.2. The number of likely N-dealkylation sites (N-methyl/N-ethyl adjacent to an activating group) is 1. The summed E-state index contributed by atoms with van der Waals surface area (Å²) in [5.41, 5.74) is 1.15. The van der Waals surface area contributed by atoms with Crippen LogP contribution in [0.4, 0.5) is 4.79 Å². The molecule has 0 aromatic heterocycles. The molecule has 0 aliphatic carbocycles. The highest BCUT2D eigenvalue weighted by molar-refractivity contribution is 5.95. The van der Waals surface area contributed by atoms with Gasteiger partial charge in [0.2, 0.25) is 5.91 Å². The monoisotopic (exact) mass is 291 g/mol. The molecule has 0 unspecified atom stereocenters. The number of hydrogen-bond donors (Lipinski definition) is 2. The first kappa shape index (κ1) is 17.2. The summed E-state index contributed by atoms with van der Waals surface area (Å²) in [4.78, 5) is 25.4. The Labute approximate surface area is 126 Å². The van der Waals surface area contributed by atoms with E-state index in [0.717, 1.165) is 18.5 Å². The third-order valence-corrected chi connectivity index (χ3v) is 3.31. The number of imide groups is 1. The smallest absolute Gasteiger partial charge is 0.321 e. The summed E-state index contributed by atoms with van der Waals surface area (Å²) >= 11 is 0. The normalized spacial score (nSPS) is 12.0. The van der Waals surface area contributed by atoms with E-state index in [-0.39, 0.29) is 18.5 Å². The molecule has 116 valence electrons. The minimum absolute atomic E-state index is 0.0596. The molecule has 2 N–H and O–H groups in total. The molecule has 5 nitrogen and oxygen atoms in total. The number of rotatable bonds is 7. The minimum atomic E-state index is -0.426. The van der Waals surface area contributed by atoms with E-state index in [4.69, 9.17) is 0 Å². The zero-order valence-electron chi connectivity index (χ0n) is 13.1. The maximum Gasteiger partial charge on any atom is 0.321 e. The molecular weight excluding hydrogens is 266 g/mol. The lowest BCUT2D eigenvalue weighted by Gasteiger charge is -2.20. The fraction of sp³-hybridized carbons (Fsp3) is 0.500. The molecule has 0 heterocycles. The van der Waals surface area contributed by atoms with Gasteiger partial charge >= 0.3 is 6.03 Å². The SMILES string of the molecule is CC[C@@H](C)NC(=O)NC(=O)CN(CC)Cc1ccccc1. The van der Waals surface area contributed by atoms with Gasteiger partial charge < -0.3 is 5.32 Å². The minimum Gasteiger partial charge on any atom is -0.335 e. The van der Waals surface area contributed by atoms with Gasteiger partial charge in [-0.2, -0.15) is 0 Å². The molecule has 1 atom stereocenters. The molecule has 1 aromatic carbocycles. The van der Waals surface area contributed by atoms with Gasteiger partial charge in [0.15, 0.2) is 0 Å². The lowest BCUT2D eigenvalue weighted by Crippen LogP contribution is -2.46. The molecule has 3 amide bonds. The fourth-order valence-electron chi connectivity index (χ4n) is 1.85. The summed E-state index contributed by atoms with van der Waals surface area (Å²) in [6, 6.07) is 9.60. The van der Waals surface area contributed by atoms with Crippen molar-refractivity contribution in [1.29, 1.82) is 0 Å². The number of carbonyl (C=O) groups is 2. The molecule has 0 saturated heterocycles. The van der Waals surface area contributed by atoms with Gasteiger partial charge in [0, 0.05) is 12.6 Å². The van der Waals surface area contributed by atoms with E-state index in [2.05, 4.69) is 10.6 Å². The molecule has 21 heavy (non-hydrogen) atoms. The average molecular weight is 291 g/mol. The average Bonchev–Trinajstić information content (AvgIpc) is 2.47. The van der Waals surface area contributed by atoms with Crippen LogP contribution in [-0.4, -0.2) is 36.0 Å². The van der Waals surface area contributed by atoms with Gasteiger partial charge in [0.25, 0.3) is 0 Å². The topological polar surface area (TPSA) is 61.4 Å². The summed E-state index contributed by atoms with van der Waals surface area (Å²) in [6.07, 6.45) is 0.830. The molecule has 1 rings (SSSR count). The van der Waals surface area contributed by atoms with Crippen LogP contribution in [0.3, 0.4) is 0 Å². The van der Waals surface area contributed by atoms with Crippen molar-refractivity contribution in [3.8, 4) is 0 Å². The second-order valence-corrected chi connectivity index (χ2v) is 5.12. The second-order valence-electron chi connectivity index (χ2n) is 5.12. The van der Waals surface area contributed by atoms with Crippen molar-refractivity contribution < 1.29 is 9.59 Å². The van der Waals surface area contributed by atoms with Gasteiger partial charge in [-0.05, 0) is 25.5 Å². The number of benzene rings is 1. The number of nitrogens with one attached hydrogen (secondary N) is 2. The maximum absolute atomic E-state index is 11.9. The zero-order valence-corrected chi connectivity index (χ0v) is 13.1. The predicted molar refractivity (Wildman–Crippen MR) is 83.8 cm³/mol. The summed E-state index contributed by atoms with van der Waals surface area (Å²) in [5.74, 6) is -0.284. The largest absolute Gasteiger partial charge is 0.335 e. The Morgan fingerprint density at radius 3 is 2.43 bits per heavy atom. The Bertz CT molecular complexity index is 448. The number of hydrogen-bond acceptors (Lipinski definition) is 3. The van der Waals surface area contributed by atoms with Crippen molar-refractivity contribution in [2.75, 3.05) is 13.1 Å². The van der Waals surface area contributed by atoms with Crippen LogP contribution in [0.25, 0.3) is 0 Å². The van der Waals surface area contributed by atoms with Crippen LogP contribution >= 0.6 is 0 Å². The van der Waals surface area contributed by atoms with Crippen LogP contribution in [0.1, 0.15) is 32.8 Å². The molecule has 1 aromatic rings. The molecular formula is C16H25N3O2. The summed E-state index contributed by atoms with van der Waals surface area (Å²) in [6.45, 7) is 7.52. The Kier molecular flexibility index (Phi) is 7.46. The maximum atomic E-state index is 11.9. The first-order chi connectivity index (χ1) is 10.0. The molecule has 0 fully saturated rings. The molecule has 0 saturated carbocycles. The second kappa shape index (κ2) is 9.13. The molecule has 0 aliphatic rings. The third kappa shape index (κ3) is 6.90. The first-order valence-electron chi connectivity index (χ1n) is 7.41. The van der Waals surface area contributed by atoms with Crippen LogP contribution in [0.15, 0.2) is 30.3 Å². The van der Waals surface area contributed by atoms with Crippen LogP contribution in [0, 0.1) is 0 Å². The van der Waals surface area contributed by atoms with Gasteiger partial charge in [-0.15, -0.1) is 0 Å². The summed E-state index contributed by atoms with van der Waals surface area (Å²) in [7, 11) is 0. The van der Waals surface area contributed by atoms with Crippen molar-refractivity contribution >= 4 is 11.9 Å². The van der Waals surface area contributed by atoms with Gasteiger partial charge in [0.1, 0.15) is 0 Å². The lowest BCUT2D eigenvalue weighted by molar-refractivity contribution is -0.121. The van der Waals surface area contributed by atoms with E-state index in [9.17, 15) is 9.59 Å². The Morgan fingerprint density at radius 2 is 1.86 bits per heavy atom. The zero-order chi connectivity index (χ0) is 15.7. The highest BCUT2D eigenvalue weighted by Crippen LogP contribution is 2.03. The van der Waals surface area contributed by atoms with E-state index < -0.39 is 6.03 Å². The number of urea groups is 1. The first-order valence-corrected chi connectivity index (χ1v) is 7.41. The van der Waals surface area contributed by atoms with Gasteiger partial charge in [-0.3, -0.25) is 15.0 Å². The van der Waals surface area contributed by atoms with Crippen LogP contribution in [0.2, 0.25) is 0 Å². The van der Waals surface area contributed by atoms with Crippen molar-refractivity contribution in [3.05, 3.63) is 35.9 Å². The van der Waals surface area contributed by atoms with E-state index in [0.29, 0.717) is 6.54 Å².